The third kappa shape index (κ3) is 5.35. The first-order chi connectivity index (χ1) is 12.0. The van der Waals surface area contributed by atoms with E-state index in [4.69, 9.17) is 10.00 Å². The lowest BCUT2D eigenvalue weighted by molar-refractivity contribution is -0.144. The number of ether oxygens (including phenoxy) is 1. The van der Waals surface area contributed by atoms with E-state index in [0.29, 0.717) is 17.1 Å². The molecule has 2 N–H and O–H groups in total. The standard InChI is InChI=1S/C17H19N5O3/c1-3-25-17(24)11-22-15(8-12(2)21-22)20-16(23)10-19-14-6-4-13(9-18)5-7-14/h4-8,19H,3,10-11H2,1-2H3,(H,20,23). The molecule has 0 saturated carbocycles. The minimum absolute atomic E-state index is 0.0372. The van der Waals surface area contributed by atoms with Crippen LogP contribution in [-0.4, -0.2) is 34.8 Å². The first kappa shape index (κ1) is 18.0. The van der Waals surface area contributed by atoms with E-state index < -0.39 is 5.97 Å². The SMILES string of the molecule is CCOC(=O)Cn1nc(C)cc1NC(=O)CNc1ccc(C#N)cc1. The molecule has 0 aliphatic carbocycles. The molecule has 2 rings (SSSR count). The lowest BCUT2D eigenvalue weighted by atomic mass is 10.2. The molecule has 0 aliphatic rings. The van der Waals surface area contributed by atoms with Crippen molar-refractivity contribution in [1.29, 1.82) is 5.26 Å². The van der Waals surface area contributed by atoms with Crippen LogP contribution < -0.4 is 10.6 Å². The molecule has 1 aromatic carbocycles. The number of nitriles is 1. The highest BCUT2D eigenvalue weighted by molar-refractivity contribution is 5.93. The topological polar surface area (TPSA) is 109 Å². The van der Waals surface area contributed by atoms with Gasteiger partial charge in [0.05, 0.1) is 30.5 Å². The molecule has 0 aliphatic heterocycles. The fraction of sp³-hybridized carbons (Fsp3) is 0.294. The zero-order valence-corrected chi connectivity index (χ0v) is 14.1. The van der Waals surface area contributed by atoms with Gasteiger partial charge in [-0.05, 0) is 38.1 Å². The Labute approximate surface area is 145 Å². The number of rotatable bonds is 7. The molecule has 1 amide bonds. The van der Waals surface area contributed by atoms with E-state index in [9.17, 15) is 9.59 Å². The van der Waals surface area contributed by atoms with E-state index in [0.717, 1.165) is 5.69 Å². The number of benzene rings is 1. The molecule has 130 valence electrons. The van der Waals surface area contributed by atoms with Crippen molar-refractivity contribution in [2.24, 2.45) is 0 Å². The van der Waals surface area contributed by atoms with Gasteiger partial charge in [0.2, 0.25) is 5.91 Å². The first-order valence-electron chi connectivity index (χ1n) is 7.75. The van der Waals surface area contributed by atoms with Crippen LogP contribution in [0.2, 0.25) is 0 Å². The predicted octanol–water partition coefficient (Wildman–Crippen LogP) is 1.68. The molecule has 0 saturated heterocycles. The van der Waals surface area contributed by atoms with Crippen molar-refractivity contribution in [3.05, 3.63) is 41.6 Å². The van der Waals surface area contributed by atoms with Gasteiger partial charge in [0, 0.05) is 11.8 Å². The van der Waals surface area contributed by atoms with E-state index in [-0.39, 0.29) is 25.6 Å². The van der Waals surface area contributed by atoms with Crippen LogP contribution in [0.1, 0.15) is 18.2 Å². The summed E-state index contributed by atoms with van der Waals surface area (Å²) in [5.41, 5.74) is 1.96. The first-order valence-corrected chi connectivity index (χ1v) is 7.75. The highest BCUT2D eigenvalue weighted by Crippen LogP contribution is 2.11. The molecular weight excluding hydrogens is 322 g/mol. The van der Waals surface area contributed by atoms with Crippen molar-refractivity contribution in [3.8, 4) is 6.07 Å². The van der Waals surface area contributed by atoms with E-state index in [1.54, 1.807) is 44.2 Å². The van der Waals surface area contributed by atoms with Crippen molar-refractivity contribution >= 4 is 23.4 Å². The minimum Gasteiger partial charge on any atom is -0.465 e. The molecule has 1 aromatic heterocycles. The van der Waals surface area contributed by atoms with E-state index in [2.05, 4.69) is 15.7 Å². The Kier molecular flexibility index (Phi) is 6.12. The van der Waals surface area contributed by atoms with E-state index in [1.165, 1.54) is 4.68 Å². The van der Waals surface area contributed by atoms with Crippen LogP contribution in [0.15, 0.2) is 30.3 Å². The minimum atomic E-state index is -0.420. The van der Waals surface area contributed by atoms with Crippen molar-refractivity contribution in [2.45, 2.75) is 20.4 Å². The third-order valence-corrected chi connectivity index (χ3v) is 3.22. The van der Waals surface area contributed by atoms with Crippen LogP contribution in [0.5, 0.6) is 0 Å². The molecule has 0 unspecified atom stereocenters. The second kappa shape index (κ2) is 8.49. The van der Waals surface area contributed by atoms with Gasteiger partial charge in [0.25, 0.3) is 0 Å². The Bertz CT molecular complexity index is 790. The number of carbonyl (C=O) groups is 2. The molecule has 2 aromatic rings. The summed E-state index contributed by atoms with van der Waals surface area (Å²) < 4.78 is 6.29. The van der Waals surface area contributed by atoms with E-state index in [1.807, 2.05) is 6.07 Å². The van der Waals surface area contributed by atoms with E-state index >= 15 is 0 Å². The number of aromatic nitrogens is 2. The maximum Gasteiger partial charge on any atom is 0.327 e. The largest absolute Gasteiger partial charge is 0.465 e. The van der Waals surface area contributed by atoms with Gasteiger partial charge in [-0.3, -0.25) is 9.59 Å². The number of hydrogen-bond donors (Lipinski definition) is 2. The quantitative estimate of drug-likeness (QED) is 0.742. The van der Waals surface area contributed by atoms with Gasteiger partial charge in [-0.2, -0.15) is 10.4 Å². The molecule has 0 radical (unpaired) electrons. The fourth-order valence-corrected chi connectivity index (χ4v) is 2.13. The Morgan fingerprint density at radius 3 is 2.68 bits per heavy atom. The van der Waals surface area contributed by atoms with Crippen LogP contribution in [0.4, 0.5) is 11.5 Å². The summed E-state index contributed by atoms with van der Waals surface area (Å²) in [5.74, 6) is -0.275. The van der Waals surface area contributed by atoms with Crippen molar-refractivity contribution < 1.29 is 14.3 Å². The fourth-order valence-electron chi connectivity index (χ4n) is 2.13. The normalized spacial score (nSPS) is 9.96. The number of anilines is 2. The number of hydrogen-bond acceptors (Lipinski definition) is 6. The van der Waals surface area contributed by atoms with Gasteiger partial charge in [-0.15, -0.1) is 0 Å². The second-order valence-corrected chi connectivity index (χ2v) is 5.22. The van der Waals surface area contributed by atoms with Crippen molar-refractivity contribution in [3.63, 3.8) is 0 Å². The maximum atomic E-state index is 12.1. The van der Waals surface area contributed by atoms with Gasteiger partial charge < -0.3 is 15.4 Å². The summed E-state index contributed by atoms with van der Waals surface area (Å²) in [5, 5.41) is 18.6. The molecule has 1 heterocycles. The predicted molar refractivity (Wildman–Crippen MR) is 91.9 cm³/mol. The average molecular weight is 341 g/mol. The molecule has 0 bridgehead atoms. The molecular formula is C17H19N5O3. The highest BCUT2D eigenvalue weighted by atomic mass is 16.5. The van der Waals surface area contributed by atoms with Crippen LogP contribution in [0, 0.1) is 18.3 Å². The number of amides is 1. The Hall–Kier alpha value is -3.34. The second-order valence-electron chi connectivity index (χ2n) is 5.22. The molecule has 8 heteroatoms. The van der Waals surface area contributed by atoms with Crippen LogP contribution >= 0.6 is 0 Å². The molecule has 0 spiro atoms. The van der Waals surface area contributed by atoms with Crippen LogP contribution in [0.25, 0.3) is 0 Å². The summed E-state index contributed by atoms with van der Waals surface area (Å²) in [6.45, 7) is 3.75. The Morgan fingerprint density at radius 1 is 1.32 bits per heavy atom. The average Bonchev–Trinajstić information content (AvgIpc) is 2.92. The van der Waals surface area contributed by atoms with Gasteiger partial charge in [0.15, 0.2) is 0 Å². The highest BCUT2D eigenvalue weighted by Gasteiger charge is 2.12. The summed E-state index contributed by atoms with van der Waals surface area (Å²) in [7, 11) is 0. The number of esters is 1. The number of nitrogens with one attached hydrogen (secondary N) is 2. The summed E-state index contributed by atoms with van der Waals surface area (Å²) in [6.07, 6.45) is 0. The lowest BCUT2D eigenvalue weighted by Gasteiger charge is -2.10. The number of aryl methyl sites for hydroxylation is 1. The monoisotopic (exact) mass is 341 g/mol. The number of carbonyl (C=O) groups excluding carboxylic acids is 2. The molecule has 0 fully saturated rings. The third-order valence-electron chi connectivity index (χ3n) is 3.22. The van der Waals surface area contributed by atoms with Crippen LogP contribution in [-0.2, 0) is 20.9 Å². The van der Waals surface area contributed by atoms with Gasteiger partial charge in [-0.25, -0.2) is 4.68 Å². The summed E-state index contributed by atoms with van der Waals surface area (Å²) in [4.78, 5) is 23.7. The maximum absolute atomic E-state index is 12.1. The molecule has 8 nitrogen and oxygen atoms in total. The lowest BCUT2D eigenvalue weighted by Crippen LogP contribution is -2.24. The Balaban J connectivity index is 1.93. The van der Waals surface area contributed by atoms with Gasteiger partial charge in [0.1, 0.15) is 12.4 Å². The summed E-state index contributed by atoms with van der Waals surface area (Å²) >= 11 is 0. The number of nitrogens with zero attached hydrogens (tertiary/aromatic N) is 3. The molecule has 25 heavy (non-hydrogen) atoms. The summed E-state index contributed by atoms with van der Waals surface area (Å²) in [6, 6.07) is 10.5. The zero-order chi connectivity index (χ0) is 18.2. The van der Waals surface area contributed by atoms with Crippen LogP contribution in [0.3, 0.4) is 0 Å². The van der Waals surface area contributed by atoms with Gasteiger partial charge >= 0.3 is 5.97 Å². The van der Waals surface area contributed by atoms with Gasteiger partial charge in [-0.1, -0.05) is 0 Å². The smallest absolute Gasteiger partial charge is 0.327 e. The Morgan fingerprint density at radius 2 is 2.04 bits per heavy atom. The zero-order valence-electron chi connectivity index (χ0n) is 14.1. The molecule has 0 atom stereocenters. The van der Waals surface area contributed by atoms with Crippen molar-refractivity contribution in [2.75, 3.05) is 23.8 Å². The van der Waals surface area contributed by atoms with Crippen molar-refractivity contribution in [1.82, 2.24) is 9.78 Å².